The molecule has 0 saturated heterocycles. The van der Waals surface area contributed by atoms with Gasteiger partial charge in [0.05, 0.1) is 5.69 Å². The predicted molar refractivity (Wildman–Crippen MR) is 93.2 cm³/mol. The Hall–Kier alpha value is -2.41. The highest BCUT2D eigenvalue weighted by Crippen LogP contribution is 2.28. The molecule has 0 fully saturated rings. The normalized spacial score (nSPS) is 11.6. The molecule has 6 N–H and O–H groups in total. The van der Waals surface area contributed by atoms with E-state index < -0.39 is 0 Å². The number of hydrogen-bond donors (Lipinski definition) is 4. The minimum absolute atomic E-state index is 0.141. The van der Waals surface area contributed by atoms with Gasteiger partial charge in [0.2, 0.25) is 5.91 Å². The lowest BCUT2D eigenvalue weighted by Crippen LogP contribution is -2.88. The first kappa shape index (κ1) is 17.9. The standard InChI is InChI=1S/C17H19ClN4O2/c1-11(23)21-15-8-7-13(18)9-14(15)17(20-10-16(24)22-19)12-5-3-2-4-6-12/h2-9,17,20H,10,19H2,1H3,(H,21,23)(H,22,24)/p+1/t17-/m0/s1. The Morgan fingerprint density at radius 2 is 1.92 bits per heavy atom. The van der Waals surface area contributed by atoms with Gasteiger partial charge in [-0.25, -0.2) is 5.84 Å². The fourth-order valence-electron chi connectivity index (χ4n) is 2.48. The number of hydrogen-bond acceptors (Lipinski definition) is 3. The Bertz CT molecular complexity index is 722. The second-order valence-electron chi connectivity index (χ2n) is 5.31. The van der Waals surface area contributed by atoms with E-state index in [2.05, 4.69) is 10.7 Å². The molecule has 0 bridgehead atoms. The maximum absolute atomic E-state index is 11.5. The van der Waals surface area contributed by atoms with E-state index in [1.807, 2.05) is 35.6 Å². The molecule has 2 rings (SSSR count). The quantitative estimate of drug-likeness (QED) is 0.355. The van der Waals surface area contributed by atoms with Crippen LogP contribution in [0.1, 0.15) is 24.1 Å². The molecule has 1 atom stereocenters. The van der Waals surface area contributed by atoms with E-state index >= 15 is 0 Å². The van der Waals surface area contributed by atoms with Gasteiger partial charge in [-0.15, -0.1) is 0 Å². The van der Waals surface area contributed by atoms with Crippen molar-refractivity contribution in [3.8, 4) is 0 Å². The fraction of sp³-hybridized carbons (Fsp3) is 0.176. The van der Waals surface area contributed by atoms with E-state index in [1.54, 1.807) is 18.2 Å². The number of amides is 2. The molecule has 0 aromatic heterocycles. The smallest absolute Gasteiger partial charge is 0.288 e. The molecule has 24 heavy (non-hydrogen) atoms. The molecule has 2 aromatic carbocycles. The van der Waals surface area contributed by atoms with Crippen molar-refractivity contribution in [2.45, 2.75) is 13.0 Å². The zero-order chi connectivity index (χ0) is 17.5. The van der Waals surface area contributed by atoms with Gasteiger partial charge in [-0.05, 0) is 18.2 Å². The molecule has 2 aromatic rings. The van der Waals surface area contributed by atoms with Crippen LogP contribution in [0.5, 0.6) is 0 Å². The molecule has 0 aliphatic rings. The van der Waals surface area contributed by atoms with Crippen molar-refractivity contribution in [3.63, 3.8) is 0 Å². The summed E-state index contributed by atoms with van der Waals surface area (Å²) in [5, 5.41) is 5.20. The first-order valence-electron chi connectivity index (χ1n) is 7.46. The molecule has 0 aliphatic heterocycles. The number of nitrogens with one attached hydrogen (secondary N) is 2. The highest BCUT2D eigenvalue weighted by Gasteiger charge is 2.22. The van der Waals surface area contributed by atoms with Gasteiger partial charge in [0.25, 0.3) is 5.91 Å². The van der Waals surface area contributed by atoms with Crippen molar-refractivity contribution >= 4 is 29.1 Å². The Kier molecular flexibility index (Phi) is 6.31. The second kappa shape index (κ2) is 8.44. The number of carbonyl (C=O) groups excluding carboxylic acids is 2. The van der Waals surface area contributed by atoms with Crippen LogP contribution in [0.3, 0.4) is 0 Å². The lowest BCUT2D eigenvalue weighted by atomic mass is 9.97. The van der Waals surface area contributed by atoms with Crippen molar-refractivity contribution in [3.05, 3.63) is 64.7 Å². The summed E-state index contributed by atoms with van der Waals surface area (Å²) >= 11 is 6.15. The SMILES string of the molecule is CC(=O)Nc1ccc(Cl)cc1[C@@H]([NH2+]CC(=O)NN)c1ccccc1. The van der Waals surface area contributed by atoms with Crippen LogP contribution in [-0.4, -0.2) is 18.4 Å². The first-order chi connectivity index (χ1) is 11.5. The summed E-state index contributed by atoms with van der Waals surface area (Å²) in [5.41, 5.74) is 4.57. The first-order valence-corrected chi connectivity index (χ1v) is 7.84. The van der Waals surface area contributed by atoms with E-state index in [1.165, 1.54) is 6.92 Å². The summed E-state index contributed by atoms with van der Waals surface area (Å²) in [7, 11) is 0. The number of carbonyl (C=O) groups is 2. The Labute approximate surface area is 145 Å². The number of anilines is 1. The van der Waals surface area contributed by atoms with Crippen molar-refractivity contribution in [2.24, 2.45) is 5.84 Å². The number of halogens is 1. The summed E-state index contributed by atoms with van der Waals surface area (Å²) in [5.74, 6) is 4.69. The minimum Gasteiger partial charge on any atom is -0.328 e. The van der Waals surface area contributed by atoms with Crippen LogP contribution in [0.25, 0.3) is 0 Å². The number of quaternary nitrogens is 1. The third-order valence-corrected chi connectivity index (χ3v) is 3.75. The zero-order valence-electron chi connectivity index (χ0n) is 13.3. The summed E-state index contributed by atoms with van der Waals surface area (Å²) in [6, 6.07) is 14.7. The minimum atomic E-state index is -0.293. The average Bonchev–Trinajstić information content (AvgIpc) is 2.57. The molecule has 0 unspecified atom stereocenters. The third-order valence-electron chi connectivity index (χ3n) is 3.52. The van der Waals surface area contributed by atoms with Crippen LogP contribution < -0.4 is 21.9 Å². The zero-order valence-corrected chi connectivity index (χ0v) is 14.0. The van der Waals surface area contributed by atoms with Crippen LogP contribution in [0.2, 0.25) is 5.02 Å². The summed E-state index contributed by atoms with van der Waals surface area (Å²) in [4.78, 5) is 23.0. The predicted octanol–water partition coefficient (Wildman–Crippen LogP) is 0.941. The number of hydrazine groups is 1. The number of nitrogens with two attached hydrogens (primary N) is 2. The average molecular weight is 348 g/mol. The van der Waals surface area contributed by atoms with Gasteiger partial charge in [-0.3, -0.25) is 15.0 Å². The van der Waals surface area contributed by atoms with Crippen molar-refractivity contribution in [1.82, 2.24) is 5.43 Å². The van der Waals surface area contributed by atoms with Gasteiger partial charge >= 0.3 is 0 Å². The summed E-state index contributed by atoms with van der Waals surface area (Å²) in [6.07, 6.45) is 0. The molecule has 0 spiro atoms. The molecule has 126 valence electrons. The monoisotopic (exact) mass is 347 g/mol. The van der Waals surface area contributed by atoms with Gasteiger partial charge in [0, 0.05) is 23.1 Å². The van der Waals surface area contributed by atoms with Gasteiger partial charge in [0.15, 0.2) is 6.54 Å². The molecule has 0 aliphatic carbocycles. The molecule has 6 nitrogen and oxygen atoms in total. The molecular formula is C17H20ClN4O2+. The lowest BCUT2D eigenvalue weighted by molar-refractivity contribution is -0.676. The third kappa shape index (κ3) is 4.79. The van der Waals surface area contributed by atoms with E-state index in [4.69, 9.17) is 17.4 Å². The molecular weight excluding hydrogens is 328 g/mol. The van der Waals surface area contributed by atoms with E-state index in [0.29, 0.717) is 10.7 Å². The lowest BCUT2D eigenvalue weighted by Gasteiger charge is -2.20. The number of rotatable bonds is 6. The van der Waals surface area contributed by atoms with Gasteiger partial charge < -0.3 is 10.6 Å². The molecule has 0 saturated carbocycles. The van der Waals surface area contributed by atoms with E-state index in [-0.39, 0.29) is 24.4 Å². The van der Waals surface area contributed by atoms with Crippen LogP contribution in [0.4, 0.5) is 5.69 Å². The Morgan fingerprint density at radius 1 is 1.21 bits per heavy atom. The highest BCUT2D eigenvalue weighted by atomic mass is 35.5. The largest absolute Gasteiger partial charge is 0.328 e. The van der Waals surface area contributed by atoms with Crippen LogP contribution in [-0.2, 0) is 9.59 Å². The molecule has 7 heteroatoms. The maximum Gasteiger partial charge on any atom is 0.288 e. The van der Waals surface area contributed by atoms with Crippen LogP contribution in [0.15, 0.2) is 48.5 Å². The van der Waals surface area contributed by atoms with E-state index in [9.17, 15) is 9.59 Å². The van der Waals surface area contributed by atoms with Crippen LogP contribution >= 0.6 is 11.6 Å². The van der Waals surface area contributed by atoms with Gasteiger partial charge in [-0.1, -0.05) is 41.9 Å². The summed E-state index contributed by atoms with van der Waals surface area (Å²) in [6.45, 7) is 1.59. The van der Waals surface area contributed by atoms with Crippen molar-refractivity contribution < 1.29 is 14.9 Å². The summed E-state index contributed by atoms with van der Waals surface area (Å²) < 4.78 is 0. The second-order valence-corrected chi connectivity index (χ2v) is 5.74. The molecule has 0 radical (unpaired) electrons. The maximum atomic E-state index is 11.5. The van der Waals surface area contributed by atoms with E-state index in [0.717, 1.165) is 11.1 Å². The van der Waals surface area contributed by atoms with Gasteiger partial charge in [0.1, 0.15) is 6.04 Å². The van der Waals surface area contributed by atoms with Crippen molar-refractivity contribution in [1.29, 1.82) is 0 Å². The number of benzene rings is 2. The van der Waals surface area contributed by atoms with Gasteiger partial charge in [-0.2, -0.15) is 0 Å². The molecule has 2 amide bonds. The fourth-order valence-corrected chi connectivity index (χ4v) is 2.66. The van der Waals surface area contributed by atoms with Crippen molar-refractivity contribution in [2.75, 3.05) is 11.9 Å². The molecule has 0 heterocycles. The topological polar surface area (TPSA) is 101 Å². The Morgan fingerprint density at radius 3 is 2.54 bits per heavy atom. The highest BCUT2D eigenvalue weighted by molar-refractivity contribution is 6.30. The Balaban J connectivity index is 2.44. The van der Waals surface area contributed by atoms with Crippen LogP contribution in [0, 0.1) is 0 Å².